The average molecular weight is 335 g/mol. The fourth-order valence-electron chi connectivity index (χ4n) is 3.29. The molecule has 1 aromatic carbocycles. The highest BCUT2D eigenvalue weighted by Gasteiger charge is 2.28. The van der Waals surface area contributed by atoms with E-state index >= 15 is 0 Å². The van der Waals surface area contributed by atoms with Crippen LogP contribution in [-0.4, -0.2) is 26.2 Å². The number of aromatic amines is 1. The van der Waals surface area contributed by atoms with Crippen LogP contribution in [0.2, 0.25) is 0 Å². The van der Waals surface area contributed by atoms with E-state index in [1.54, 1.807) is 11.3 Å². The lowest BCUT2D eigenvalue weighted by atomic mass is 10.1. The molecule has 24 heavy (non-hydrogen) atoms. The van der Waals surface area contributed by atoms with E-state index in [1.165, 1.54) is 34.6 Å². The number of H-pyrrole nitrogens is 1. The maximum absolute atomic E-state index is 4.99. The minimum Gasteiger partial charge on any atom is -0.367 e. The molecular weight excluding hydrogens is 318 g/mol. The van der Waals surface area contributed by atoms with Crippen LogP contribution in [0.3, 0.4) is 0 Å². The molecule has 1 aliphatic rings. The van der Waals surface area contributed by atoms with E-state index in [-0.39, 0.29) is 0 Å². The third-order valence-corrected chi connectivity index (χ3v) is 5.74. The van der Waals surface area contributed by atoms with Gasteiger partial charge in [0.2, 0.25) is 0 Å². The number of hydrogen-bond donors (Lipinski definition) is 2. The number of benzene rings is 1. The van der Waals surface area contributed by atoms with Gasteiger partial charge >= 0.3 is 0 Å². The first-order valence-electron chi connectivity index (χ1n) is 8.23. The Bertz CT molecular complexity index is 1020. The number of anilines is 1. The van der Waals surface area contributed by atoms with Crippen molar-refractivity contribution in [1.29, 1.82) is 0 Å². The minimum atomic E-state index is 0.454. The van der Waals surface area contributed by atoms with Gasteiger partial charge in [-0.05, 0) is 43.2 Å². The summed E-state index contributed by atoms with van der Waals surface area (Å²) in [5.74, 6) is 2.51. The number of nitrogens with one attached hydrogen (secondary N) is 2. The van der Waals surface area contributed by atoms with E-state index in [0.717, 1.165) is 28.6 Å². The van der Waals surface area contributed by atoms with Gasteiger partial charge in [0.25, 0.3) is 0 Å². The molecule has 1 unspecified atom stereocenters. The van der Waals surface area contributed by atoms with Crippen LogP contribution in [0.25, 0.3) is 32.4 Å². The van der Waals surface area contributed by atoms with Crippen LogP contribution in [-0.2, 0) is 0 Å². The van der Waals surface area contributed by atoms with E-state index < -0.39 is 0 Å². The molecule has 1 fully saturated rings. The molecule has 120 valence electrons. The van der Waals surface area contributed by atoms with Gasteiger partial charge in [-0.3, -0.25) is 5.10 Å². The summed E-state index contributed by atoms with van der Waals surface area (Å²) in [4.78, 5) is 9.30. The summed E-state index contributed by atoms with van der Waals surface area (Å²) in [7, 11) is 0. The van der Waals surface area contributed by atoms with Gasteiger partial charge in [0.1, 0.15) is 12.1 Å². The highest BCUT2D eigenvalue weighted by molar-refractivity contribution is 7.18. The molecule has 0 aliphatic heterocycles. The second-order valence-corrected chi connectivity index (χ2v) is 7.35. The van der Waals surface area contributed by atoms with Crippen molar-refractivity contribution in [3.8, 4) is 11.4 Å². The Morgan fingerprint density at radius 3 is 2.96 bits per heavy atom. The van der Waals surface area contributed by atoms with Gasteiger partial charge in [-0.2, -0.15) is 5.10 Å². The van der Waals surface area contributed by atoms with Gasteiger partial charge in [-0.25, -0.2) is 9.97 Å². The Balaban J connectivity index is 1.75. The lowest BCUT2D eigenvalue weighted by Gasteiger charge is -2.16. The minimum absolute atomic E-state index is 0.454. The van der Waals surface area contributed by atoms with Gasteiger partial charge in [0, 0.05) is 27.1 Å². The number of nitrogens with zero attached hydrogens (tertiary/aromatic N) is 3. The van der Waals surface area contributed by atoms with Crippen molar-refractivity contribution in [2.45, 2.75) is 25.8 Å². The summed E-state index contributed by atoms with van der Waals surface area (Å²) in [5.41, 5.74) is 1.96. The van der Waals surface area contributed by atoms with E-state index in [2.05, 4.69) is 51.0 Å². The summed E-state index contributed by atoms with van der Waals surface area (Å²) < 4.78 is 1.27. The fourth-order valence-corrected chi connectivity index (χ4v) is 4.21. The molecule has 1 atom stereocenters. The summed E-state index contributed by atoms with van der Waals surface area (Å²) >= 11 is 1.76. The van der Waals surface area contributed by atoms with Crippen LogP contribution in [0.4, 0.5) is 5.82 Å². The molecule has 0 radical (unpaired) electrons. The molecule has 0 saturated heterocycles. The first-order chi connectivity index (χ1) is 11.8. The molecule has 0 spiro atoms. The SMILES string of the molecule is CC(Nc1nc2c(-c3ncn[nH]3)cccc2c2sccc12)C1CC1. The number of rotatable bonds is 4. The van der Waals surface area contributed by atoms with Gasteiger partial charge < -0.3 is 5.32 Å². The molecule has 5 rings (SSSR count). The lowest BCUT2D eigenvalue weighted by molar-refractivity contribution is 0.692. The number of para-hydroxylation sites is 1. The number of fused-ring (bicyclic) bond motifs is 3. The van der Waals surface area contributed by atoms with E-state index in [4.69, 9.17) is 4.98 Å². The second kappa shape index (κ2) is 5.27. The maximum atomic E-state index is 4.99. The summed E-state index contributed by atoms with van der Waals surface area (Å²) in [5, 5.41) is 15.1. The molecule has 0 amide bonds. The Morgan fingerprint density at radius 2 is 2.17 bits per heavy atom. The van der Waals surface area contributed by atoms with Crippen LogP contribution >= 0.6 is 11.3 Å². The van der Waals surface area contributed by atoms with Crippen molar-refractivity contribution in [2.75, 3.05) is 5.32 Å². The number of aromatic nitrogens is 4. The van der Waals surface area contributed by atoms with Crippen LogP contribution < -0.4 is 5.32 Å². The molecule has 1 saturated carbocycles. The van der Waals surface area contributed by atoms with Crippen molar-refractivity contribution < 1.29 is 0 Å². The Labute approximate surface area is 143 Å². The monoisotopic (exact) mass is 335 g/mol. The predicted molar refractivity (Wildman–Crippen MR) is 98.3 cm³/mol. The molecule has 3 heterocycles. The third kappa shape index (κ3) is 2.17. The molecule has 4 aromatic rings. The van der Waals surface area contributed by atoms with Gasteiger partial charge in [0.05, 0.1) is 5.52 Å². The molecular formula is C18H17N5S. The summed E-state index contributed by atoms with van der Waals surface area (Å²) in [6.07, 6.45) is 4.17. The highest BCUT2D eigenvalue weighted by atomic mass is 32.1. The summed E-state index contributed by atoms with van der Waals surface area (Å²) in [6.45, 7) is 2.25. The zero-order valence-electron chi connectivity index (χ0n) is 13.3. The van der Waals surface area contributed by atoms with E-state index in [9.17, 15) is 0 Å². The third-order valence-electron chi connectivity index (χ3n) is 4.79. The molecule has 5 nitrogen and oxygen atoms in total. The largest absolute Gasteiger partial charge is 0.367 e. The normalized spacial score (nSPS) is 15.9. The smallest absolute Gasteiger partial charge is 0.157 e. The number of hydrogen-bond acceptors (Lipinski definition) is 5. The van der Waals surface area contributed by atoms with Crippen LogP contribution in [0.15, 0.2) is 36.0 Å². The number of thiophene rings is 1. The van der Waals surface area contributed by atoms with Crippen molar-refractivity contribution in [3.63, 3.8) is 0 Å². The Kier molecular flexibility index (Phi) is 3.06. The zero-order valence-corrected chi connectivity index (χ0v) is 14.1. The van der Waals surface area contributed by atoms with Crippen LogP contribution in [0.5, 0.6) is 0 Å². The molecule has 6 heteroatoms. The van der Waals surface area contributed by atoms with E-state index in [0.29, 0.717) is 6.04 Å². The Hall–Kier alpha value is -2.47. The maximum Gasteiger partial charge on any atom is 0.157 e. The highest BCUT2D eigenvalue weighted by Crippen LogP contribution is 2.39. The average Bonchev–Trinajstić information content (AvgIpc) is 3.10. The van der Waals surface area contributed by atoms with Crippen LogP contribution in [0.1, 0.15) is 19.8 Å². The molecule has 2 N–H and O–H groups in total. The first kappa shape index (κ1) is 13.9. The predicted octanol–water partition coefficient (Wildman–Crippen LogP) is 4.45. The van der Waals surface area contributed by atoms with Crippen molar-refractivity contribution in [1.82, 2.24) is 20.2 Å². The van der Waals surface area contributed by atoms with Crippen molar-refractivity contribution in [2.24, 2.45) is 5.92 Å². The first-order valence-corrected chi connectivity index (χ1v) is 9.11. The van der Waals surface area contributed by atoms with Crippen molar-refractivity contribution >= 4 is 38.1 Å². The summed E-state index contributed by atoms with van der Waals surface area (Å²) in [6, 6.07) is 8.85. The molecule has 1 aliphatic carbocycles. The Morgan fingerprint density at radius 1 is 1.25 bits per heavy atom. The second-order valence-electron chi connectivity index (χ2n) is 6.43. The van der Waals surface area contributed by atoms with Crippen LogP contribution in [0, 0.1) is 5.92 Å². The number of pyridine rings is 1. The topological polar surface area (TPSA) is 66.5 Å². The quantitative estimate of drug-likeness (QED) is 0.578. The standard InChI is InChI=1S/C18H17N5S/c1-10(11-5-6-11)21-18-14-7-8-24-16(14)12-3-2-4-13(15(12)22-18)17-19-9-20-23-17/h2-4,7-11H,5-6H2,1H3,(H,21,22)(H,19,20,23). The fraction of sp³-hybridized carbons (Fsp3) is 0.278. The van der Waals surface area contributed by atoms with E-state index in [1.807, 2.05) is 6.07 Å². The molecule has 0 bridgehead atoms. The van der Waals surface area contributed by atoms with Gasteiger partial charge in [-0.1, -0.05) is 12.1 Å². The molecule has 3 aromatic heterocycles. The van der Waals surface area contributed by atoms with Crippen molar-refractivity contribution in [3.05, 3.63) is 36.0 Å². The zero-order chi connectivity index (χ0) is 16.1. The van der Waals surface area contributed by atoms with Gasteiger partial charge in [0.15, 0.2) is 5.82 Å². The lowest BCUT2D eigenvalue weighted by Crippen LogP contribution is -2.18. The van der Waals surface area contributed by atoms with Gasteiger partial charge in [-0.15, -0.1) is 11.3 Å².